The smallest absolute Gasteiger partial charge is 0.319 e. The number of para-hydroxylation sites is 1. The first kappa shape index (κ1) is 19.4. The zero-order valence-corrected chi connectivity index (χ0v) is 15.2. The Labute approximate surface area is 154 Å². The molecule has 6 nitrogen and oxygen atoms in total. The molecule has 1 saturated carbocycles. The van der Waals surface area contributed by atoms with E-state index in [1.54, 1.807) is 12.1 Å². The molecule has 25 heavy (non-hydrogen) atoms. The second-order valence-corrected chi connectivity index (χ2v) is 6.71. The van der Waals surface area contributed by atoms with Gasteiger partial charge in [-0.05, 0) is 37.8 Å². The van der Waals surface area contributed by atoms with E-state index in [1.165, 1.54) is 19.3 Å². The van der Waals surface area contributed by atoms with Crippen LogP contribution in [0.25, 0.3) is 0 Å². The van der Waals surface area contributed by atoms with Crippen LogP contribution in [0.3, 0.4) is 0 Å². The average Bonchev–Trinajstić information content (AvgIpc) is 2.61. The predicted molar refractivity (Wildman–Crippen MR) is 101 cm³/mol. The first-order valence-electron chi connectivity index (χ1n) is 8.99. The summed E-state index contributed by atoms with van der Waals surface area (Å²) >= 11 is 5.98. The van der Waals surface area contributed by atoms with E-state index in [2.05, 4.69) is 21.3 Å². The zero-order valence-electron chi connectivity index (χ0n) is 14.4. The number of carbonyl (C=O) groups is 2. The second kappa shape index (κ2) is 10.8. The van der Waals surface area contributed by atoms with Gasteiger partial charge in [0.1, 0.15) is 0 Å². The molecular weight excluding hydrogens is 340 g/mol. The minimum atomic E-state index is -0.281. The number of urea groups is 2. The zero-order chi connectivity index (χ0) is 17.9. The van der Waals surface area contributed by atoms with E-state index >= 15 is 0 Å². The molecule has 2 rings (SSSR count). The Balaban J connectivity index is 1.49. The third kappa shape index (κ3) is 7.65. The topological polar surface area (TPSA) is 82.3 Å². The standard InChI is InChI=1S/C18H27ClN4O2/c19-15-10-4-5-11-16(15)23-18(25)21-13-7-6-12-20-17(24)22-14-8-2-1-3-9-14/h4-5,10-11,14H,1-3,6-9,12-13H2,(H2,20,22,24)(H2,21,23,25). The quantitative estimate of drug-likeness (QED) is 0.552. The predicted octanol–water partition coefficient (Wildman–Crippen LogP) is 3.87. The Morgan fingerprint density at radius 2 is 1.60 bits per heavy atom. The van der Waals surface area contributed by atoms with Crippen molar-refractivity contribution < 1.29 is 9.59 Å². The molecule has 0 saturated heterocycles. The normalized spacial score (nSPS) is 14.6. The molecule has 7 heteroatoms. The number of rotatable bonds is 7. The van der Waals surface area contributed by atoms with Gasteiger partial charge < -0.3 is 21.3 Å². The lowest BCUT2D eigenvalue weighted by Crippen LogP contribution is -2.43. The van der Waals surface area contributed by atoms with Crippen molar-refractivity contribution in [2.24, 2.45) is 0 Å². The monoisotopic (exact) mass is 366 g/mol. The number of halogens is 1. The number of unbranched alkanes of at least 4 members (excludes halogenated alkanes) is 1. The summed E-state index contributed by atoms with van der Waals surface area (Å²) in [6.07, 6.45) is 7.44. The third-order valence-electron chi connectivity index (χ3n) is 4.24. The number of anilines is 1. The van der Waals surface area contributed by atoms with Crippen molar-refractivity contribution >= 4 is 29.4 Å². The molecule has 4 N–H and O–H groups in total. The summed E-state index contributed by atoms with van der Waals surface area (Å²) < 4.78 is 0. The van der Waals surface area contributed by atoms with Gasteiger partial charge in [-0.25, -0.2) is 9.59 Å². The summed E-state index contributed by atoms with van der Waals surface area (Å²) in [5, 5.41) is 11.9. The van der Waals surface area contributed by atoms with Gasteiger partial charge in [0.25, 0.3) is 0 Å². The molecule has 0 radical (unpaired) electrons. The van der Waals surface area contributed by atoms with Gasteiger partial charge >= 0.3 is 12.1 Å². The highest BCUT2D eigenvalue weighted by Gasteiger charge is 2.14. The molecule has 0 bridgehead atoms. The summed E-state index contributed by atoms with van der Waals surface area (Å²) in [6.45, 7) is 1.15. The summed E-state index contributed by atoms with van der Waals surface area (Å²) in [4.78, 5) is 23.5. The average molecular weight is 367 g/mol. The van der Waals surface area contributed by atoms with Gasteiger partial charge in [-0.2, -0.15) is 0 Å². The summed E-state index contributed by atoms with van der Waals surface area (Å²) in [5.74, 6) is 0. The van der Waals surface area contributed by atoms with Crippen LogP contribution in [0.15, 0.2) is 24.3 Å². The summed E-state index contributed by atoms with van der Waals surface area (Å²) in [6, 6.07) is 7.04. The summed E-state index contributed by atoms with van der Waals surface area (Å²) in [7, 11) is 0. The molecule has 4 amide bonds. The molecule has 0 heterocycles. The Bertz CT molecular complexity index is 562. The van der Waals surface area contributed by atoms with Crippen molar-refractivity contribution in [2.45, 2.75) is 51.0 Å². The van der Waals surface area contributed by atoms with E-state index in [9.17, 15) is 9.59 Å². The van der Waals surface area contributed by atoms with E-state index in [1.807, 2.05) is 12.1 Å². The molecular formula is C18H27ClN4O2. The van der Waals surface area contributed by atoms with Crippen molar-refractivity contribution in [1.29, 1.82) is 0 Å². The highest BCUT2D eigenvalue weighted by Crippen LogP contribution is 2.20. The van der Waals surface area contributed by atoms with Crippen LogP contribution in [0.2, 0.25) is 5.02 Å². The van der Waals surface area contributed by atoms with Gasteiger partial charge in [0.15, 0.2) is 0 Å². The van der Waals surface area contributed by atoms with Gasteiger partial charge in [-0.3, -0.25) is 0 Å². The first-order valence-corrected chi connectivity index (χ1v) is 9.36. The Morgan fingerprint density at radius 3 is 2.28 bits per heavy atom. The maximum atomic E-state index is 11.8. The van der Waals surface area contributed by atoms with Crippen LogP contribution in [-0.4, -0.2) is 31.2 Å². The highest BCUT2D eigenvalue weighted by molar-refractivity contribution is 6.33. The van der Waals surface area contributed by atoms with Crippen LogP contribution in [-0.2, 0) is 0 Å². The fourth-order valence-corrected chi connectivity index (χ4v) is 3.05. The van der Waals surface area contributed by atoms with Crippen LogP contribution < -0.4 is 21.3 Å². The minimum Gasteiger partial charge on any atom is -0.338 e. The Morgan fingerprint density at radius 1 is 0.960 bits per heavy atom. The van der Waals surface area contributed by atoms with Gasteiger partial charge in [0, 0.05) is 19.1 Å². The largest absolute Gasteiger partial charge is 0.338 e. The van der Waals surface area contributed by atoms with E-state index in [-0.39, 0.29) is 12.1 Å². The van der Waals surface area contributed by atoms with Crippen LogP contribution >= 0.6 is 11.6 Å². The maximum Gasteiger partial charge on any atom is 0.319 e. The van der Waals surface area contributed by atoms with Crippen molar-refractivity contribution in [3.63, 3.8) is 0 Å². The molecule has 0 spiro atoms. The highest BCUT2D eigenvalue weighted by atomic mass is 35.5. The second-order valence-electron chi connectivity index (χ2n) is 6.30. The van der Waals surface area contributed by atoms with Crippen molar-refractivity contribution in [1.82, 2.24) is 16.0 Å². The molecule has 1 aromatic carbocycles. The van der Waals surface area contributed by atoms with Gasteiger partial charge in [0.05, 0.1) is 10.7 Å². The minimum absolute atomic E-state index is 0.0867. The van der Waals surface area contributed by atoms with Gasteiger partial charge in [-0.15, -0.1) is 0 Å². The van der Waals surface area contributed by atoms with Crippen molar-refractivity contribution in [2.75, 3.05) is 18.4 Å². The number of hydrogen-bond acceptors (Lipinski definition) is 2. The third-order valence-corrected chi connectivity index (χ3v) is 4.57. The fraction of sp³-hybridized carbons (Fsp3) is 0.556. The lowest BCUT2D eigenvalue weighted by Gasteiger charge is -2.22. The van der Waals surface area contributed by atoms with Crippen LogP contribution in [0, 0.1) is 0 Å². The molecule has 1 aliphatic carbocycles. The first-order chi connectivity index (χ1) is 12.1. The van der Waals surface area contributed by atoms with Crippen molar-refractivity contribution in [3.05, 3.63) is 29.3 Å². The van der Waals surface area contributed by atoms with Crippen LogP contribution in [0.1, 0.15) is 44.9 Å². The maximum absolute atomic E-state index is 11.8. The lowest BCUT2D eigenvalue weighted by molar-refractivity contribution is 0.232. The van der Waals surface area contributed by atoms with E-state index in [0.29, 0.717) is 29.8 Å². The number of benzene rings is 1. The van der Waals surface area contributed by atoms with Gasteiger partial charge in [0.2, 0.25) is 0 Å². The van der Waals surface area contributed by atoms with Gasteiger partial charge in [-0.1, -0.05) is 43.0 Å². The number of nitrogens with one attached hydrogen (secondary N) is 4. The van der Waals surface area contributed by atoms with E-state index in [4.69, 9.17) is 11.6 Å². The molecule has 1 aromatic rings. The molecule has 1 fully saturated rings. The SMILES string of the molecule is O=C(NCCCCNC(=O)NC1CCCCC1)Nc1ccccc1Cl. The van der Waals surface area contributed by atoms with Crippen molar-refractivity contribution in [3.8, 4) is 0 Å². The lowest BCUT2D eigenvalue weighted by atomic mass is 9.96. The Hall–Kier alpha value is -1.95. The number of hydrogen-bond donors (Lipinski definition) is 4. The molecule has 138 valence electrons. The molecule has 0 aliphatic heterocycles. The number of amides is 4. The van der Waals surface area contributed by atoms with E-state index in [0.717, 1.165) is 25.7 Å². The fourth-order valence-electron chi connectivity index (χ4n) is 2.87. The van der Waals surface area contributed by atoms with Crippen LogP contribution in [0.4, 0.5) is 15.3 Å². The Kier molecular flexibility index (Phi) is 8.39. The molecule has 0 unspecified atom stereocenters. The summed E-state index contributed by atoms with van der Waals surface area (Å²) in [5.41, 5.74) is 0.586. The van der Waals surface area contributed by atoms with Crippen LogP contribution in [0.5, 0.6) is 0 Å². The molecule has 0 atom stereocenters. The molecule has 0 aromatic heterocycles. The molecule has 1 aliphatic rings. The van der Waals surface area contributed by atoms with E-state index < -0.39 is 0 Å². The number of carbonyl (C=O) groups excluding carboxylic acids is 2.